The first-order valence-corrected chi connectivity index (χ1v) is 8.81. The van der Waals surface area contributed by atoms with Crippen LogP contribution in [0.2, 0.25) is 5.15 Å². The average Bonchev–Trinajstić information content (AvgIpc) is 2.80. The average molecular weight is 326 g/mol. The van der Waals surface area contributed by atoms with Crippen LogP contribution in [0, 0.1) is 11.8 Å². The van der Waals surface area contributed by atoms with Crippen molar-refractivity contribution in [1.82, 2.24) is 9.97 Å². The molecule has 0 atom stereocenters. The summed E-state index contributed by atoms with van der Waals surface area (Å²) in [5, 5.41) is 1.56. The molecule has 0 aliphatic rings. The molecule has 0 N–H and O–H groups in total. The molecule has 0 bridgehead atoms. The second kappa shape index (κ2) is 6.93. The van der Waals surface area contributed by atoms with Crippen molar-refractivity contribution in [3.05, 3.63) is 16.1 Å². The molecule has 2 rings (SSSR count). The van der Waals surface area contributed by atoms with Crippen molar-refractivity contribution in [2.24, 2.45) is 11.8 Å². The van der Waals surface area contributed by atoms with Gasteiger partial charge < -0.3 is 4.90 Å². The molecule has 2 aromatic rings. The van der Waals surface area contributed by atoms with E-state index < -0.39 is 0 Å². The fraction of sp³-hybridized carbons (Fsp3) is 0.625. The van der Waals surface area contributed by atoms with Crippen LogP contribution in [-0.4, -0.2) is 23.1 Å². The molecule has 21 heavy (non-hydrogen) atoms. The van der Waals surface area contributed by atoms with Gasteiger partial charge in [0.15, 0.2) is 0 Å². The lowest BCUT2D eigenvalue weighted by Gasteiger charge is -2.26. The minimum atomic E-state index is 0.566. The van der Waals surface area contributed by atoms with E-state index in [-0.39, 0.29) is 0 Å². The minimum absolute atomic E-state index is 0.566. The summed E-state index contributed by atoms with van der Waals surface area (Å²) in [7, 11) is 0. The van der Waals surface area contributed by atoms with Gasteiger partial charge in [-0.1, -0.05) is 46.2 Å². The molecule has 0 aliphatic carbocycles. The lowest BCUT2D eigenvalue weighted by molar-refractivity contribution is 0.545. The Balaban J connectivity index is 2.41. The van der Waals surface area contributed by atoms with Crippen molar-refractivity contribution < 1.29 is 0 Å². The molecular weight excluding hydrogens is 302 g/mol. The lowest BCUT2D eigenvalue weighted by Crippen LogP contribution is -2.32. The number of hydrogen-bond donors (Lipinski definition) is 0. The predicted molar refractivity (Wildman–Crippen MR) is 93.7 cm³/mol. The maximum absolute atomic E-state index is 6.38. The fourth-order valence-corrected chi connectivity index (χ4v) is 3.60. The van der Waals surface area contributed by atoms with E-state index in [4.69, 9.17) is 16.6 Å². The second-order valence-corrected chi connectivity index (χ2v) is 7.77. The summed E-state index contributed by atoms with van der Waals surface area (Å²) in [5.74, 6) is 1.90. The summed E-state index contributed by atoms with van der Waals surface area (Å²) in [6.07, 6.45) is 1.01. The van der Waals surface area contributed by atoms with Gasteiger partial charge in [0.25, 0.3) is 0 Å². The molecule has 116 valence electrons. The van der Waals surface area contributed by atoms with E-state index in [9.17, 15) is 0 Å². The third kappa shape index (κ3) is 4.07. The lowest BCUT2D eigenvalue weighted by atomic mass is 10.1. The van der Waals surface area contributed by atoms with E-state index in [0.29, 0.717) is 17.0 Å². The Labute approximate surface area is 136 Å². The van der Waals surface area contributed by atoms with E-state index in [1.165, 1.54) is 4.88 Å². The van der Waals surface area contributed by atoms with Crippen LogP contribution in [0.5, 0.6) is 0 Å². The second-order valence-electron chi connectivity index (χ2n) is 6.29. The Morgan fingerprint density at radius 1 is 1.14 bits per heavy atom. The number of fused-ring (bicyclic) bond motifs is 1. The van der Waals surface area contributed by atoms with Gasteiger partial charge >= 0.3 is 0 Å². The van der Waals surface area contributed by atoms with Crippen molar-refractivity contribution in [2.45, 2.75) is 41.0 Å². The maximum atomic E-state index is 6.38. The summed E-state index contributed by atoms with van der Waals surface area (Å²) < 4.78 is 0. The van der Waals surface area contributed by atoms with E-state index in [1.54, 1.807) is 11.3 Å². The van der Waals surface area contributed by atoms with E-state index in [0.717, 1.165) is 35.7 Å². The molecule has 0 spiro atoms. The zero-order chi connectivity index (χ0) is 15.6. The normalized spacial score (nSPS) is 11.8. The molecule has 2 aromatic heterocycles. The maximum Gasteiger partial charge on any atom is 0.228 e. The molecule has 0 saturated heterocycles. The number of thiophene rings is 1. The number of anilines is 1. The van der Waals surface area contributed by atoms with Crippen molar-refractivity contribution in [1.29, 1.82) is 0 Å². The highest BCUT2D eigenvalue weighted by Gasteiger charge is 2.17. The number of nitrogens with zero attached hydrogens (tertiary/aromatic N) is 3. The quantitative estimate of drug-likeness (QED) is 0.698. The van der Waals surface area contributed by atoms with Crippen LogP contribution in [0.1, 0.15) is 39.5 Å². The van der Waals surface area contributed by atoms with Gasteiger partial charge in [-0.25, -0.2) is 9.97 Å². The third-order valence-electron chi connectivity index (χ3n) is 3.19. The van der Waals surface area contributed by atoms with Gasteiger partial charge in [-0.3, -0.25) is 0 Å². The summed E-state index contributed by atoms with van der Waals surface area (Å²) in [5.41, 5.74) is 0. The first-order chi connectivity index (χ1) is 9.90. The highest BCUT2D eigenvalue weighted by atomic mass is 35.5. The number of hydrogen-bond acceptors (Lipinski definition) is 4. The molecular formula is C16H24ClN3S. The van der Waals surface area contributed by atoms with Gasteiger partial charge in [0, 0.05) is 23.4 Å². The number of aromatic nitrogens is 2. The van der Waals surface area contributed by atoms with Crippen molar-refractivity contribution in [3.8, 4) is 0 Å². The highest BCUT2D eigenvalue weighted by molar-refractivity contribution is 7.18. The summed E-state index contributed by atoms with van der Waals surface area (Å²) in [4.78, 5) is 13.9. The topological polar surface area (TPSA) is 29.0 Å². The van der Waals surface area contributed by atoms with Crippen LogP contribution < -0.4 is 4.90 Å². The number of aryl methyl sites for hydroxylation is 1. The number of halogens is 1. The van der Waals surface area contributed by atoms with Crippen molar-refractivity contribution >= 4 is 39.1 Å². The first kappa shape index (κ1) is 16.5. The molecule has 0 fully saturated rings. The van der Waals surface area contributed by atoms with Crippen LogP contribution in [0.15, 0.2) is 6.07 Å². The molecule has 2 heterocycles. The molecule has 3 nitrogen and oxygen atoms in total. The Morgan fingerprint density at radius 2 is 1.76 bits per heavy atom. The third-order valence-corrected chi connectivity index (χ3v) is 4.65. The van der Waals surface area contributed by atoms with E-state index in [1.807, 2.05) is 0 Å². The monoisotopic (exact) mass is 325 g/mol. The predicted octanol–water partition coefficient (Wildman–Crippen LogP) is 5.03. The fourth-order valence-electron chi connectivity index (χ4n) is 2.36. The van der Waals surface area contributed by atoms with Crippen LogP contribution in [-0.2, 0) is 6.42 Å². The van der Waals surface area contributed by atoms with Gasteiger partial charge in [-0.05, 0) is 24.3 Å². The summed E-state index contributed by atoms with van der Waals surface area (Å²) in [6, 6.07) is 2.11. The van der Waals surface area contributed by atoms with Crippen LogP contribution in [0.25, 0.3) is 10.2 Å². The molecule has 0 radical (unpaired) electrons. The van der Waals surface area contributed by atoms with Gasteiger partial charge in [0.05, 0.1) is 0 Å². The Bertz CT molecular complexity index is 597. The molecule has 0 amide bonds. The standard InChI is InChI=1S/C16H24ClN3S/c1-6-12-7-13-14(17)18-16(19-15(13)21-12)20(8-10(2)3)9-11(4)5/h7,10-11H,6,8-9H2,1-5H3. The van der Waals surface area contributed by atoms with Crippen LogP contribution in [0.3, 0.4) is 0 Å². The zero-order valence-corrected chi connectivity index (χ0v) is 15.1. The van der Waals surface area contributed by atoms with Crippen LogP contribution in [0.4, 0.5) is 5.95 Å². The minimum Gasteiger partial charge on any atom is -0.340 e. The van der Waals surface area contributed by atoms with Gasteiger partial charge in [0.2, 0.25) is 5.95 Å². The molecule has 0 aliphatic heterocycles. The van der Waals surface area contributed by atoms with E-state index >= 15 is 0 Å². The highest BCUT2D eigenvalue weighted by Crippen LogP contribution is 2.31. The van der Waals surface area contributed by atoms with Gasteiger partial charge in [-0.2, -0.15) is 0 Å². The smallest absolute Gasteiger partial charge is 0.228 e. The van der Waals surface area contributed by atoms with Crippen molar-refractivity contribution in [2.75, 3.05) is 18.0 Å². The van der Waals surface area contributed by atoms with E-state index in [2.05, 4.69) is 50.6 Å². The Morgan fingerprint density at radius 3 is 2.29 bits per heavy atom. The zero-order valence-electron chi connectivity index (χ0n) is 13.5. The van der Waals surface area contributed by atoms with Gasteiger partial charge in [-0.15, -0.1) is 11.3 Å². The molecule has 5 heteroatoms. The molecule has 0 saturated carbocycles. The summed E-state index contributed by atoms with van der Waals surface area (Å²) in [6.45, 7) is 12.9. The number of rotatable bonds is 6. The largest absolute Gasteiger partial charge is 0.340 e. The Hall–Kier alpha value is -0.870. The molecule has 0 aromatic carbocycles. The summed E-state index contributed by atoms with van der Waals surface area (Å²) >= 11 is 8.10. The molecule has 0 unspecified atom stereocenters. The first-order valence-electron chi connectivity index (χ1n) is 7.61. The SMILES string of the molecule is CCc1cc2c(Cl)nc(N(CC(C)C)CC(C)C)nc2s1. The van der Waals surface area contributed by atoms with Crippen LogP contribution >= 0.6 is 22.9 Å². The Kier molecular flexibility index (Phi) is 5.44. The van der Waals surface area contributed by atoms with Gasteiger partial charge in [0.1, 0.15) is 9.98 Å². The van der Waals surface area contributed by atoms with Crippen molar-refractivity contribution in [3.63, 3.8) is 0 Å².